The molecule has 0 bridgehead atoms. The zero-order chi connectivity index (χ0) is 19.2. The van der Waals surface area contributed by atoms with E-state index < -0.39 is 23.0 Å². The van der Waals surface area contributed by atoms with E-state index in [1.807, 2.05) is 38.1 Å². The summed E-state index contributed by atoms with van der Waals surface area (Å²) in [6.45, 7) is 6.83. The average molecular weight is 386 g/mol. The molecule has 9 heteroatoms. The Balaban J connectivity index is 2.06. The second kappa shape index (κ2) is 9.20. The largest absolute Gasteiger partial charge is 0.421 e. The van der Waals surface area contributed by atoms with Crippen LogP contribution in [0.4, 0.5) is 16.2 Å². The van der Waals surface area contributed by atoms with Crippen LogP contribution in [0.2, 0.25) is 0 Å². The fourth-order valence-corrected chi connectivity index (χ4v) is 2.78. The maximum Gasteiger partial charge on any atom is 0.416 e. The first-order chi connectivity index (χ1) is 12.3. The van der Waals surface area contributed by atoms with Gasteiger partial charge in [-0.1, -0.05) is 13.8 Å². The minimum Gasteiger partial charge on any atom is -0.421 e. The zero-order valence-electron chi connectivity index (χ0n) is 15.4. The Bertz CT molecular complexity index is 684. The summed E-state index contributed by atoms with van der Waals surface area (Å²) in [6, 6.07) is 7.61. The maximum atomic E-state index is 12.4. The lowest BCUT2D eigenvalue weighted by Gasteiger charge is -2.29. The van der Waals surface area contributed by atoms with Gasteiger partial charge in [0.25, 0.3) is 10.1 Å². The molecular formula is C17H26N2O6S. The monoisotopic (exact) mass is 386 g/mol. The van der Waals surface area contributed by atoms with E-state index in [0.717, 1.165) is 25.0 Å². The molecule has 1 aliphatic rings. The number of carbonyl (C=O) groups excluding carboxylic acids is 1. The van der Waals surface area contributed by atoms with Gasteiger partial charge in [-0.25, -0.2) is 8.98 Å². The third-order valence-corrected chi connectivity index (χ3v) is 4.27. The van der Waals surface area contributed by atoms with Crippen molar-refractivity contribution >= 4 is 27.6 Å². The number of hydrogen-bond donors (Lipinski definition) is 0. The third kappa shape index (κ3) is 6.47. The zero-order valence-corrected chi connectivity index (χ0v) is 16.2. The molecule has 8 nitrogen and oxygen atoms in total. The highest BCUT2D eigenvalue weighted by atomic mass is 32.2. The Kier molecular flexibility index (Phi) is 7.24. The molecule has 1 aromatic rings. The van der Waals surface area contributed by atoms with E-state index in [4.69, 9.17) is 9.47 Å². The average Bonchev–Trinajstić information content (AvgIpc) is 2.59. The summed E-state index contributed by atoms with van der Waals surface area (Å²) in [5.41, 5.74) is 1.75. The summed E-state index contributed by atoms with van der Waals surface area (Å²) in [4.78, 5) is 16.0. The van der Waals surface area contributed by atoms with Crippen molar-refractivity contribution in [3.63, 3.8) is 0 Å². The molecule has 146 valence electrons. The van der Waals surface area contributed by atoms with Crippen molar-refractivity contribution in [3.8, 4) is 0 Å². The standard InChI is InChI=1S/C17H26N2O6S/c1-14(2)12-19(17(20)24-13-25-26(3,21)22)16-6-4-15(5-7-16)18-8-10-23-11-9-18/h4-7,14H,8-13H2,1-3H3. The molecule has 1 aromatic carbocycles. The Morgan fingerprint density at radius 2 is 1.85 bits per heavy atom. The van der Waals surface area contributed by atoms with Crippen molar-refractivity contribution in [2.24, 2.45) is 5.92 Å². The highest BCUT2D eigenvalue weighted by Crippen LogP contribution is 2.23. The van der Waals surface area contributed by atoms with Gasteiger partial charge in [-0.05, 0) is 30.2 Å². The summed E-state index contributed by atoms with van der Waals surface area (Å²) in [5, 5.41) is 0. The number of anilines is 2. The van der Waals surface area contributed by atoms with Gasteiger partial charge in [0.1, 0.15) is 0 Å². The van der Waals surface area contributed by atoms with Gasteiger partial charge in [-0.15, -0.1) is 0 Å². The summed E-state index contributed by atoms with van der Waals surface area (Å²) in [7, 11) is -3.66. The molecule has 0 aliphatic carbocycles. The number of hydrogen-bond acceptors (Lipinski definition) is 7. The summed E-state index contributed by atoms with van der Waals surface area (Å²) < 4.78 is 36.7. The highest BCUT2D eigenvalue weighted by Gasteiger charge is 2.20. The van der Waals surface area contributed by atoms with Crippen LogP contribution in [0.1, 0.15) is 13.8 Å². The number of carbonyl (C=O) groups is 1. The smallest absolute Gasteiger partial charge is 0.416 e. The fraction of sp³-hybridized carbons (Fsp3) is 0.588. The van der Waals surface area contributed by atoms with Crippen molar-refractivity contribution < 1.29 is 26.9 Å². The van der Waals surface area contributed by atoms with Crippen LogP contribution in [0.25, 0.3) is 0 Å². The van der Waals surface area contributed by atoms with Gasteiger partial charge in [0.2, 0.25) is 6.79 Å². The molecule has 26 heavy (non-hydrogen) atoms. The Labute approximate surface area is 154 Å². The number of nitrogens with zero attached hydrogens (tertiary/aromatic N) is 2. The highest BCUT2D eigenvalue weighted by molar-refractivity contribution is 7.85. The van der Waals surface area contributed by atoms with Crippen LogP contribution in [0.3, 0.4) is 0 Å². The van der Waals surface area contributed by atoms with Crippen molar-refractivity contribution in [3.05, 3.63) is 24.3 Å². The molecular weight excluding hydrogens is 360 g/mol. The van der Waals surface area contributed by atoms with E-state index in [-0.39, 0.29) is 5.92 Å². The van der Waals surface area contributed by atoms with Crippen LogP contribution in [0.5, 0.6) is 0 Å². The first-order valence-electron chi connectivity index (χ1n) is 8.48. The molecule has 0 aromatic heterocycles. The third-order valence-electron chi connectivity index (χ3n) is 3.75. The topological polar surface area (TPSA) is 85.4 Å². The summed E-state index contributed by atoms with van der Waals surface area (Å²) in [5.74, 6) is 0.206. The molecule has 0 unspecified atom stereocenters. The van der Waals surface area contributed by atoms with E-state index in [1.165, 1.54) is 4.90 Å². The molecule has 2 rings (SSSR count). The first-order valence-corrected chi connectivity index (χ1v) is 10.3. The number of amides is 1. The molecule has 0 radical (unpaired) electrons. The lowest BCUT2D eigenvalue weighted by Crippen LogP contribution is -2.37. The van der Waals surface area contributed by atoms with Crippen molar-refractivity contribution in [1.82, 2.24) is 0 Å². The second-order valence-corrected chi connectivity index (χ2v) is 8.11. The fourth-order valence-electron chi connectivity index (χ4n) is 2.56. The number of benzene rings is 1. The number of ether oxygens (including phenoxy) is 2. The van der Waals surface area contributed by atoms with E-state index in [9.17, 15) is 13.2 Å². The Morgan fingerprint density at radius 1 is 1.23 bits per heavy atom. The Hall–Kier alpha value is -1.84. The quantitative estimate of drug-likeness (QED) is 0.524. The normalized spacial score (nSPS) is 15.2. The van der Waals surface area contributed by atoms with Crippen LogP contribution in [0, 0.1) is 5.92 Å². The second-order valence-electron chi connectivity index (χ2n) is 6.47. The number of rotatable bonds is 7. The summed E-state index contributed by atoms with van der Waals surface area (Å²) >= 11 is 0. The van der Waals surface area contributed by atoms with Gasteiger partial charge < -0.3 is 14.4 Å². The minimum absolute atomic E-state index is 0.206. The number of morpholine rings is 1. The molecule has 0 spiro atoms. The van der Waals surface area contributed by atoms with Gasteiger partial charge in [0, 0.05) is 31.0 Å². The summed E-state index contributed by atoms with van der Waals surface area (Å²) in [6.07, 6.45) is 0.248. The van der Waals surface area contributed by atoms with Crippen LogP contribution < -0.4 is 9.80 Å². The van der Waals surface area contributed by atoms with Gasteiger partial charge in [0.05, 0.1) is 19.5 Å². The first kappa shape index (κ1) is 20.5. The molecule has 0 saturated carbocycles. The predicted octanol–water partition coefficient (Wildman–Crippen LogP) is 2.06. The van der Waals surface area contributed by atoms with E-state index in [0.29, 0.717) is 25.4 Å². The van der Waals surface area contributed by atoms with Gasteiger partial charge in [-0.3, -0.25) is 4.90 Å². The maximum absolute atomic E-state index is 12.4. The van der Waals surface area contributed by atoms with Crippen molar-refractivity contribution in [1.29, 1.82) is 0 Å². The molecule has 1 heterocycles. The SMILES string of the molecule is CC(C)CN(C(=O)OCOS(C)(=O)=O)c1ccc(N2CCOCC2)cc1. The van der Waals surface area contributed by atoms with Crippen molar-refractivity contribution in [2.45, 2.75) is 13.8 Å². The molecule has 1 amide bonds. The predicted molar refractivity (Wildman–Crippen MR) is 98.9 cm³/mol. The van der Waals surface area contributed by atoms with Crippen molar-refractivity contribution in [2.75, 3.05) is 55.7 Å². The van der Waals surface area contributed by atoms with Gasteiger partial charge in [0.15, 0.2) is 0 Å². The minimum atomic E-state index is -3.66. The molecule has 1 saturated heterocycles. The molecule has 1 aliphatic heterocycles. The van der Waals surface area contributed by atoms with Crippen LogP contribution in [-0.2, 0) is 23.8 Å². The molecule has 0 atom stereocenters. The van der Waals surface area contributed by atoms with E-state index in [2.05, 4.69) is 9.08 Å². The Morgan fingerprint density at radius 3 is 2.38 bits per heavy atom. The van der Waals surface area contributed by atoms with Gasteiger partial charge in [-0.2, -0.15) is 8.42 Å². The lowest BCUT2D eigenvalue weighted by atomic mass is 10.2. The van der Waals surface area contributed by atoms with Gasteiger partial charge >= 0.3 is 6.09 Å². The van der Waals surface area contributed by atoms with Crippen LogP contribution in [-0.4, -0.2) is 60.4 Å². The van der Waals surface area contributed by atoms with E-state index >= 15 is 0 Å². The molecule has 0 N–H and O–H groups in total. The van der Waals surface area contributed by atoms with Crippen LogP contribution >= 0.6 is 0 Å². The lowest BCUT2D eigenvalue weighted by molar-refractivity contribution is 0.0687. The molecule has 1 fully saturated rings. The van der Waals surface area contributed by atoms with E-state index in [1.54, 1.807) is 0 Å². The van der Waals surface area contributed by atoms with Crippen LogP contribution in [0.15, 0.2) is 24.3 Å².